The molecule has 1 amide bonds. The first kappa shape index (κ1) is 14.3. The number of hydrogen-bond donors (Lipinski definition) is 1. The third-order valence-corrected chi connectivity index (χ3v) is 3.29. The molecule has 0 radical (unpaired) electrons. The van der Waals surface area contributed by atoms with E-state index in [2.05, 4.69) is 10.3 Å². The maximum Gasteiger partial charge on any atom is 0.271 e. The highest BCUT2D eigenvalue weighted by atomic mass is 32.2. The van der Waals surface area contributed by atoms with E-state index in [1.54, 1.807) is 0 Å². The Morgan fingerprint density at radius 1 is 1.55 bits per heavy atom. The molecule has 0 unspecified atom stereocenters. The van der Waals surface area contributed by atoms with Crippen molar-refractivity contribution in [3.05, 3.63) is 28.3 Å². The first-order chi connectivity index (χ1) is 9.60. The van der Waals surface area contributed by atoms with Crippen molar-refractivity contribution in [1.82, 2.24) is 10.3 Å². The van der Waals surface area contributed by atoms with Crippen molar-refractivity contribution in [2.24, 2.45) is 0 Å². The van der Waals surface area contributed by atoms with Crippen LogP contribution in [0.1, 0.15) is 13.3 Å². The second kappa shape index (κ2) is 6.38. The Labute approximate surface area is 118 Å². The topological polar surface area (TPSA) is 98.3 Å². The molecule has 2 aromatic rings. The molecule has 0 saturated heterocycles. The molecular formula is C12H13N3O4S. The second-order valence-corrected chi connectivity index (χ2v) is 4.95. The molecule has 0 aliphatic carbocycles. The zero-order valence-electron chi connectivity index (χ0n) is 10.8. The number of fused-ring (bicyclic) bond motifs is 1. The van der Waals surface area contributed by atoms with Gasteiger partial charge in [-0.15, -0.1) is 0 Å². The third-order valence-electron chi connectivity index (χ3n) is 2.46. The van der Waals surface area contributed by atoms with Crippen LogP contribution >= 0.6 is 11.8 Å². The van der Waals surface area contributed by atoms with Crippen molar-refractivity contribution < 1.29 is 14.1 Å². The average Bonchev–Trinajstić information content (AvgIpc) is 2.84. The van der Waals surface area contributed by atoms with Crippen LogP contribution in [0, 0.1) is 10.1 Å². The van der Waals surface area contributed by atoms with E-state index in [9.17, 15) is 14.9 Å². The summed E-state index contributed by atoms with van der Waals surface area (Å²) in [7, 11) is 0. The molecule has 2 rings (SSSR count). The number of thioether (sulfide) groups is 1. The molecule has 1 aromatic heterocycles. The number of aromatic nitrogens is 1. The predicted octanol–water partition coefficient (Wildman–Crippen LogP) is 2.35. The summed E-state index contributed by atoms with van der Waals surface area (Å²) in [6, 6.07) is 4.21. The van der Waals surface area contributed by atoms with Crippen molar-refractivity contribution in [3.63, 3.8) is 0 Å². The van der Waals surface area contributed by atoms with Gasteiger partial charge in [-0.25, -0.2) is 4.98 Å². The molecule has 1 aromatic carbocycles. The van der Waals surface area contributed by atoms with Crippen LogP contribution < -0.4 is 5.32 Å². The van der Waals surface area contributed by atoms with Gasteiger partial charge in [-0.3, -0.25) is 14.9 Å². The Bertz CT molecular complexity index is 641. The van der Waals surface area contributed by atoms with Crippen LogP contribution in [0.4, 0.5) is 5.69 Å². The number of nitrogens with one attached hydrogen (secondary N) is 1. The minimum Gasteiger partial charge on any atom is -0.431 e. The number of benzene rings is 1. The molecule has 8 heteroatoms. The molecule has 7 nitrogen and oxygen atoms in total. The third kappa shape index (κ3) is 3.47. The molecule has 0 atom stereocenters. The molecular weight excluding hydrogens is 282 g/mol. The van der Waals surface area contributed by atoms with Crippen molar-refractivity contribution in [2.75, 3.05) is 12.3 Å². The summed E-state index contributed by atoms with van der Waals surface area (Å²) in [4.78, 5) is 25.7. The smallest absolute Gasteiger partial charge is 0.271 e. The molecule has 1 heterocycles. The van der Waals surface area contributed by atoms with E-state index in [1.807, 2.05) is 6.92 Å². The lowest BCUT2D eigenvalue weighted by atomic mass is 10.3. The number of carbonyl (C=O) groups excluding carboxylic acids is 1. The standard InChI is InChI=1S/C12H13N3O4S/c1-2-5-13-11(16)7-20-12-14-9-6-8(15(17)18)3-4-10(9)19-12/h3-4,6H,2,5,7H2,1H3,(H,13,16). The Balaban J connectivity index is 2.04. The fourth-order valence-corrected chi connectivity index (χ4v) is 2.18. The van der Waals surface area contributed by atoms with Crippen molar-refractivity contribution in [1.29, 1.82) is 0 Å². The molecule has 0 bridgehead atoms. The van der Waals surface area contributed by atoms with E-state index in [1.165, 1.54) is 18.2 Å². The fraction of sp³-hybridized carbons (Fsp3) is 0.333. The van der Waals surface area contributed by atoms with E-state index in [4.69, 9.17) is 4.42 Å². The van der Waals surface area contributed by atoms with Crippen LogP contribution in [0.2, 0.25) is 0 Å². The summed E-state index contributed by atoms with van der Waals surface area (Å²) in [5.41, 5.74) is 0.839. The van der Waals surface area contributed by atoms with Gasteiger partial charge in [0.1, 0.15) is 5.52 Å². The number of rotatable bonds is 6. The molecule has 0 fully saturated rings. The number of nitro groups is 1. The summed E-state index contributed by atoms with van der Waals surface area (Å²) >= 11 is 1.16. The Morgan fingerprint density at radius 3 is 3.05 bits per heavy atom. The maximum absolute atomic E-state index is 11.4. The normalized spacial score (nSPS) is 10.7. The summed E-state index contributed by atoms with van der Waals surface area (Å²) in [6.07, 6.45) is 0.878. The van der Waals surface area contributed by atoms with Crippen LogP contribution in [-0.2, 0) is 4.79 Å². The summed E-state index contributed by atoms with van der Waals surface area (Å²) < 4.78 is 5.41. The summed E-state index contributed by atoms with van der Waals surface area (Å²) in [5, 5.41) is 13.7. The van der Waals surface area contributed by atoms with Gasteiger partial charge in [-0.1, -0.05) is 18.7 Å². The van der Waals surface area contributed by atoms with Gasteiger partial charge >= 0.3 is 0 Å². The van der Waals surface area contributed by atoms with E-state index in [0.717, 1.165) is 18.2 Å². The molecule has 106 valence electrons. The van der Waals surface area contributed by atoms with Gasteiger partial charge < -0.3 is 9.73 Å². The minimum absolute atomic E-state index is 0.0389. The number of nitrogens with zero attached hydrogens (tertiary/aromatic N) is 2. The molecule has 0 saturated carbocycles. The van der Waals surface area contributed by atoms with Crippen molar-refractivity contribution >= 4 is 34.5 Å². The molecule has 0 spiro atoms. The highest BCUT2D eigenvalue weighted by molar-refractivity contribution is 7.99. The van der Waals surface area contributed by atoms with E-state index >= 15 is 0 Å². The van der Waals surface area contributed by atoms with Crippen LogP contribution in [0.5, 0.6) is 0 Å². The number of amides is 1. The van der Waals surface area contributed by atoms with Gasteiger partial charge in [0, 0.05) is 18.7 Å². The zero-order chi connectivity index (χ0) is 14.5. The van der Waals surface area contributed by atoms with Crippen LogP contribution in [0.15, 0.2) is 27.8 Å². The number of hydrogen-bond acceptors (Lipinski definition) is 6. The number of nitro benzene ring substituents is 1. The zero-order valence-corrected chi connectivity index (χ0v) is 11.6. The summed E-state index contributed by atoms with van der Waals surface area (Å²) in [5.74, 6) is 0.111. The Kier molecular flexibility index (Phi) is 4.57. The number of carbonyl (C=O) groups is 1. The number of oxazole rings is 1. The lowest BCUT2D eigenvalue weighted by Crippen LogP contribution is -2.25. The highest BCUT2D eigenvalue weighted by Gasteiger charge is 2.12. The summed E-state index contributed by atoms with van der Waals surface area (Å²) in [6.45, 7) is 2.61. The van der Waals surface area contributed by atoms with Crippen LogP contribution in [-0.4, -0.2) is 28.1 Å². The minimum atomic E-state index is -0.487. The lowest BCUT2D eigenvalue weighted by molar-refractivity contribution is -0.384. The first-order valence-electron chi connectivity index (χ1n) is 6.04. The monoisotopic (exact) mass is 295 g/mol. The van der Waals surface area contributed by atoms with E-state index in [-0.39, 0.29) is 17.3 Å². The van der Waals surface area contributed by atoms with Crippen molar-refractivity contribution in [3.8, 4) is 0 Å². The molecule has 1 N–H and O–H groups in total. The van der Waals surface area contributed by atoms with E-state index in [0.29, 0.717) is 22.9 Å². The molecule has 0 aliphatic heterocycles. The Hall–Kier alpha value is -2.09. The SMILES string of the molecule is CCCNC(=O)CSc1nc2cc([N+](=O)[O-])ccc2o1. The highest BCUT2D eigenvalue weighted by Crippen LogP contribution is 2.26. The van der Waals surface area contributed by atoms with Gasteiger partial charge in [0.25, 0.3) is 10.9 Å². The van der Waals surface area contributed by atoms with Gasteiger partial charge in [0.2, 0.25) is 5.91 Å². The quantitative estimate of drug-likeness (QED) is 0.499. The largest absolute Gasteiger partial charge is 0.431 e. The van der Waals surface area contributed by atoms with Crippen LogP contribution in [0.3, 0.4) is 0 Å². The maximum atomic E-state index is 11.4. The molecule has 20 heavy (non-hydrogen) atoms. The predicted molar refractivity (Wildman–Crippen MR) is 74.7 cm³/mol. The fourth-order valence-electron chi connectivity index (χ4n) is 1.51. The Morgan fingerprint density at radius 2 is 2.35 bits per heavy atom. The first-order valence-corrected chi connectivity index (χ1v) is 7.03. The van der Waals surface area contributed by atoms with Gasteiger partial charge in [0.15, 0.2) is 5.58 Å². The molecule has 0 aliphatic rings. The second-order valence-electron chi connectivity index (χ2n) is 4.03. The van der Waals surface area contributed by atoms with Crippen LogP contribution in [0.25, 0.3) is 11.1 Å². The van der Waals surface area contributed by atoms with Gasteiger partial charge in [0.05, 0.1) is 10.7 Å². The van der Waals surface area contributed by atoms with Crippen molar-refractivity contribution in [2.45, 2.75) is 18.6 Å². The lowest BCUT2D eigenvalue weighted by Gasteiger charge is -2.00. The van der Waals surface area contributed by atoms with Gasteiger partial charge in [-0.2, -0.15) is 0 Å². The van der Waals surface area contributed by atoms with Gasteiger partial charge in [-0.05, 0) is 12.5 Å². The van der Waals surface area contributed by atoms with E-state index < -0.39 is 4.92 Å². The number of non-ortho nitro benzene ring substituents is 1. The average molecular weight is 295 g/mol.